The summed E-state index contributed by atoms with van der Waals surface area (Å²) in [6.07, 6.45) is 0.911. The van der Waals surface area contributed by atoms with Crippen molar-refractivity contribution >= 4 is 11.9 Å². The van der Waals surface area contributed by atoms with Gasteiger partial charge in [0.05, 0.1) is 6.54 Å². The van der Waals surface area contributed by atoms with Crippen LogP contribution in [0, 0.1) is 12.7 Å². The fourth-order valence-electron chi connectivity index (χ4n) is 3.52. The van der Waals surface area contributed by atoms with E-state index in [2.05, 4.69) is 40.7 Å². The summed E-state index contributed by atoms with van der Waals surface area (Å²) >= 11 is 0. The summed E-state index contributed by atoms with van der Waals surface area (Å²) < 4.78 is 12.9. The van der Waals surface area contributed by atoms with Crippen LogP contribution in [0.5, 0.6) is 0 Å². The van der Waals surface area contributed by atoms with Crippen LogP contribution >= 0.6 is 0 Å². The lowest BCUT2D eigenvalue weighted by molar-refractivity contribution is -0.129. The summed E-state index contributed by atoms with van der Waals surface area (Å²) in [5.41, 5.74) is 3.39. The third-order valence-electron chi connectivity index (χ3n) is 5.36. The van der Waals surface area contributed by atoms with Gasteiger partial charge < -0.3 is 15.5 Å². The third kappa shape index (κ3) is 6.56. The largest absolute Gasteiger partial charge is 0.340 e. The molecular weight excluding hydrogens is 383 g/mol. The minimum atomic E-state index is -0.413. The average molecular weight is 413 g/mol. The van der Waals surface area contributed by atoms with Crippen LogP contribution in [-0.2, 0) is 17.9 Å². The van der Waals surface area contributed by atoms with E-state index < -0.39 is 6.03 Å². The van der Waals surface area contributed by atoms with Gasteiger partial charge in [-0.25, -0.2) is 9.18 Å². The predicted octanol–water partition coefficient (Wildman–Crippen LogP) is 2.67. The SMILES string of the molecule is Cc1ccccc1CN1CCCN(C(=O)CNC(=O)NCc2ccc(F)cc2)CC1. The van der Waals surface area contributed by atoms with E-state index in [9.17, 15) is 14.0 Å². The van der Waals surface area contributed by atoms with Crippen molar-refractivity contribution in [2.45, 2.75) is 26.4 Å². The van der Waals surface area contributed by atoms with Crippen molar-refractivity contribution in [3.63, 3.8) is 0 Å². The third-order valence-corrected chi connectivity index (χ3v) is 5.36. The van der Waals surface area contributed by atoms with Gasteiger partial charge in [-0.15, -0.1) is 0 Å². The minimum absolute atomic E-state index is 0.0347. The summed E-state index contributed by atoms with van der Waals surface area (Å²) in [6, 6.07) is 13.9. The van der Waals surface area contributed by atoms with E-state index in [1.165, 1.54) is 23.3 Å². The first-order valence-corrected chi connectivity index (χ1v) is 10.3. The minimum Gasteiger partial charge on any atom is -0.340 e. The van der Waals surface area contributed by atoms with Crippen molar-refractivity contribution in [1.29, 1.82) is 0 Å². The Morgan fingerprint density at radius 2 is 1.73 bits per heavy atom. The van der Waals surface area contributed by atoms with Gasteiger partial charge in [-0.05, 0) is 42.2 Å². The Hall–Kier alpha value is -2.93. The summed E-state index contributed by atoms with van der Waals surface area (Å²) in [5.74, 6) is -0.395. The van der Waals surface area contributed by atoms with E-state index in [0.717, 1.165) is 31.6 Å². The first-order chi connectivity index (χ1) is 14.5. The van der Waals surface area contributed by atoms with Crippen LogP contribution in [0.25, 0.3) is 0 Å². The van der Waals surface area contributed by atoms with Crippen LogP contribution in [0.2, 0.25) is 0 Å². The first kappa shape index (κ1) is 21.8. The summed E-state index contributed by atoms with van der Waals surface area (Å²) in [7, 11) is 0. The van der Waals surface area contributed by atoms with Crippen molar-refractivity contribution in [3.05, 3.63) is 71.0 Å². The Kier molecular flexibility index (Phi) is 7.79. The number of nitrogens with zero attached hydrogens (tertiary/aromatic N) is 2. The van der Waals surface area contributed by atoms with Gasteiger partial charge in [-0.2, -0.15) is 0 Å². The van der Waals surface area contributed by atoms with E-state index in [1.54, 1.807) is 12.1 Å². The highest BCUT2D eigenvalue weighted by molar-refractivity contribution is 5.84. The fraction of sp³-hybridized carbons (Fsp3) is 0.391. The number of carbonyl (C=O) groups excluding carboxylic acids is 2. The van der Waals surface area contributed by atoms with Crippen LogP contribution in [0.3, 0.4) is 0 Å². The lowest BCUT2D eigenvalue weighted by Crippen LogP contribution is -2.44. The molecular formula is C23H29FN4O2. The molecule has 1 fully saturated rings. The van der Waals surface area contributed by atoms with Crippen LogP contribution in [-0.4, -0.2) is 54.5 Å². The molecule has 6 nitrogen and oxygen atoms in total. The van der Waals surface area contributed by atoms with E-state index in [4.69, 9.17) is 0 Å². The standard InChI is InChI=1S/C23H29FN4O2/c1-18-5-2-3-6-20(18)17-27-11-4-12-28(14-13-27)22(29)16-26-23(30)25-15-19-7-9-21(24)10-8-19/h2-3,5-10H,4,11-17H2,1H3,(H2,25,26,30). The topological polar surface area (TPSA) is 64.7 Å². The number of aryl methyl sites for hydroxylation is 1. The van der Waals surface area contributed by atoms with Crippen molar-refractivity contribution in [2.24, 2.45) is 0 Å². The van der Waals surface area contributed by atoms with Gasteiger partial charge in [0.2, 0.25) is 5.91 Å². The maximum Gasteiger partial charge on any atom is 0.315 e. The molecule has 0 bridgehead atoms. The number of benzene rings is 2. The number of carbonyl (C=O) groups is 2. The molecule has 3 rings (SSSR count). The second kappa shape index (κ2) is 10.7. The molecule has 0 saturated carbocycles. The maximum absolute atomic E-state index is 12.9. The Morgan fingerprint density at radius 3 is 2.50 bits per heavy atom. The molecule has 0 spiro atoms. The number of hydrogen-bond donors (Lipinski definition) is 2. The molecule has 3 amide bonds. The van der Waals surface area contributed by atoms with Gasteiger partial charge in [-0.1, -0.05) is 36.4 Å². The first-order valence-electron chi connectivity index (χ1n) is 10.3. The smallest absolute Gasteiger partial charge is 0.315 e. The molecule has 0 aliphatic carbocycles. The van der Waals surface area contributed by atoms with Gasteiger partial charge in [0.25, 0.3) is 0 Å². The fourth-order valence-corrected chi connectivity index (χ4v) is 3.52. The number of halogens is 1. The summed E-state index contributed by atoms with van der Waals surface area (Å²) in [5, 5.41) is 5.29. The van der Waals surface area contributed by atoms with E-state index in [0.29, 0.717) is 13.1 Å². The molecule has 1 heterocycles. The molecule has 2 N–H and O–H groups in total. The van der Waals surface area contributed by atoms with Gasteiger partial charge in [0.15, 0.2) is 0 Å². The predicted molar refractivity (Wildman–Crippen MR) is 114 cm³/mol. The van der Waals surface area contributed by atoms with E-state index in [1.807, 2.05) is 11.0 Å². The lowest BCUT2D eigenvalue weighted by atomic mass is 10.1. The molecule has 0 atom stereocenters. The molecule has 1 aliphatic rings. The van der Waals surface area contributed by atoms with Crippen LogP contribution in [0.15, 0.2) is 48.5 Å². The van der Waals surface area contributed by atoms with Gasteiger partial charge in [0.1, 0.15) is 5.82 Å². The van der Waals surface area contributed by atoms with E-state index >= 15 is 0 Å². The van der Waals surface area contributed by atoms with E-state index in [-0.39, 0.29) is 24.8 Å². The van der Waals surface area contributed by atoms with Crippen LogP contribution in [0.1, 0.15) is 23.1 Å². The molecule has 30 heavy (non-hydrogen) atoms. The molecule has 7 heteroatoms. The van der Waals surface area contributed by atoms with Crippen molar-refractivity contribution in [3.8, 4) is 0 Å². The zero-order valence-electron chi connectivity index (χ0n) is 17.4. The molecule has 160 valence electrons. The Labute approximate surface area is 177 Å². The van der Waals surface area contributed by atoms with Crippen molar-refractivity contribution in [1.82, 2.24) is 20.4 Å². The number of hydrogen-bond acceptors (Lipinski definition) is 3. The highest BCUT2D eigenvalue weighted by Crippen LogP contribution is 2.12. The number of urea groups is 1. The summed E-state index contributed by atoms with van der Waals surface area (Å²) in [6.45, 7) is 6.37. The second-order valence-corrected chi connectivity index (χ2v) is 7.60. The van der Waals surface area contributed by atoms with Gasteiger partial charge >= 0.3 is 6.03 Å². The number of nitrogens with one attached hydrogen (secondary N) is 2. The Bertz CT molecular complexity index is 857. The normalized spacial score (nSPS) is 14.8. The Morgan fingerprint density at radius 1 is 0.967 bits per heavy atom. The molecule has 0 unspecified atom stereocenters. The molecule has 1 aliphatic heterocycles. The van der Waals surface area contributed by atoms with Crippen LogP contribution < -0.4 is 10.6 Å². The monoisotopic (exact) mass is 412 g/mol. The van der Waals surface area contributed by atoms with Gasteiger partial charge in [0, 0.05) is 39.3 Å². The summed E-state index contributed by atoms with van der Waals surface area (Å²) in [4.78, 5) is 28.7. The van der Waals surface area contributed by atoms with Crippen LogP contribution in [0.4, 0.5) is 9.18 Å². The highest BCUT2D eigenvalue weighted by Gasteiger charge is 2.19. The number of rotatable bonds is 6. The Balaban J connectivity index is 1.39. The second-order valence-electron chi connectivity index (χ2n) is 7.60. The highest BCUT2D eigenvalue weighted by atomic mass is 19.1. The van der Waals surface area contributed by atoms with Crippen molar-refractivity contribution < 1.29 is 14.0 Å². The zero-order valence-corrected chi connectivity index (χ0v) is 17.4. The molecule has 2 aromatic rings. The van der Waals surface area contributed by atoms with Crippen molar-refractivity contribution in [2.75, 3.05) is 32.7 Å². The molecule has 0 radical (unpaired) electrons. The zero-order chi connectivity index (χ0) is 21.3. The quantitative estimate of drug-likeness (QED) is 0.767. The average Bonchev–Trinajstić information content (AvgIpc) is 2.99. The maximum atomic E-state index is 12.9. The molecule has 2 aromatic carbocycles. The van der Waals surface area contributed by atoms with Gasteiger partial charge in [-0.3, -0.25) is 9.69 Å². The number of amides is 3. The molecule has 1 saturated heterocycles. The molecule has 0 aromatic heterocycles. The lowest BCUT2D eigenvalue weighted by Gasteiger charge is -2.22.